The molecule has 0 bridgehead atoms. The first-order chi connectivity index (χ1) is 7.24. The van der Waals surface area contributed by atoms with Gasteiger partial charge in [-0.05, 0) is 0 Å². The van der Waals surface area contributed by atoms with Crippen molar-refractivity contribution >= 4 is 50.8 Å². The first-order valence-electron chi connectivity index (χ1n) is 4.64. The SMILES string of the molecule is [Si]c1ccc([Si]c2ccc([Si])cc2)cc1. The normalized spacial score (nSPS) is 10.3. The summed E-state index contributed by atoms with van der Waals surface area (Å²) in [5, 5.41) is 4.97. The third kappa shape index (κ3) is 3.02. The van der Waals surface area contributed by atoms with Crippen molar-refractivity contribution in [3.8, 4) is 0 Å². The molecule has 0 heterocycles. The van der Waals surface area contributed by atoms with E-state index in [1.54, 1.807) is 0 Å². The first-order valence-corrected chi connectivity index (χ1v) is 6.64. The molecular formula is C12H8Si3. The maximum absolute atomic E-state index is 3.49. The van der Waals surface area contributed by atoms with E-state index in [9.17, 15) is 0 Å². The average molecular weight is 236 g/mol. The molecule has 0 N–H and O–H groups in total. The molecule has 0 spiro atoms. The zero-order chi connectivity index (χ0) is 10.7. The summed E-state index contributed by atoms with van der Waals surface area (Å²) < 4.78 is 0. The minimum atomic E-state index is 0.726. The van der Waals surface area contributed by atoms with Crippen molar-refractivity contribution in [2.45, 2.75) is 0 Å². The maximum atomic E-state index is 3.49. The van der Waals surface area contributed by atoms with Crippen LogP contribution in [0, 0.1) is 0 Å². The van der Waals surface area contributed by atoms with Crippen molar-refractivity contribution < 1.29 is 0 Å². The molecule has 8 radical (unpaired) electrons. The molecule has 0 atom stereocenters. The summed E-state index contributed by atoms with van der Waals surface area (Å²) in [4.78, 5) is 0. The summed E-state index contributed by atoms with van der Waals surface area (Å²) in [5.41, 5.74) is 0. The van der Waals surface area contributed by atoms with E-state index >= 15 is 0 Å². The highest BCUT2D eigenvalue weighted by molar-refractivity contribution is 6.67. The van der Waals surface area contributed by atoms with E-state index in [0.29, 0.717) is 0 Å². The van der Waals surface area contributed by atoms with Crippen LogP contribution in [-0.4, -0.2) is 30.0 Å². The Bertz CT molecular complexity index is 388. The Morgan fingerprint density at radius 3 is 1.27 bits per heavy atom. The molecule has 2 aromatic rings. The van der Waals surface area contributed by atoms with Gasteiger partial charge in [0.05, 0.1) is 20.5 Å². The van der Waals surface area contributed by atoms with E-state index in [1.807, 2.05) is 0 Å². The third-order valence-electron chi connectivity index (χ3n) is 2.06. The molecule has 0 nitrogen and oxygen atoms in total. The van der Waals surface area contributed by atoms with Gasteiger partial charge < -0.3 is 0 Å². The van der Waals surface area contributed by atoms with Gasteiger partial charge in [-0.1, -0.05) is 69.3 Å². The molecule has 0 amide bonds. The monoisotopic (exact) mass is 236 g/mol. The van der Waals surface area contributed by atoms with Gasteiger partial charge in [0, 0.05) is 0 Å². The number of benzene rings is 2. The van der Waals surface area contributed by atoms with Crippen LogP contribution >= 0.6 is 0 Å². The highest BCUT2D eigenvalue weighted by Gasteiger charge is 1.97. The second-order valence-corrected chi connectivity index (χ2v) is 5.84. The Morgan fingerprint density at radius 1 is 0.600 bits per heavy atom. The zero-order valence-corrected chi connectivity index (χ0v) is 11.1. The fraction of sp³-hybridized carbons (Fsp3) is 0. The first kappa shape index (κ1) is 10.6. The summed E-state index contributed by atoms with van der Waals surface area (Å²) in [7, 11) is 7.70. The van der Waals surface area contributed by atoms with Gasteiger partial charge in [0.15, 0.2) is 0 Å². The molecule has 2 rings (SSSR count). The van der Waals surface area contributed by atoms with Crippen LogP contribution in [0.4, 0.5) is 0 Å². The number of rotatable bonds is 2. The molecule has 0 aliphatic rings. The Morgan fingerprint density at radius 2 is 0.933 bits per heavy atom. The summed E-state index contributed by atoms with van der Waals surface area (Å²) >= 11 is 0. The Kier molecular flexibility index (Phi) is 3.35. The minimum absolute atomic E-state index is 0.726. The molecule has 2 aromatic carbocycles. The molecule has 0 unspecified atom stereocenters. The molecule has 0 saturated carbocycles. The van der Waals surface area contributed by atoms with Gasteiger partial charge in [0.25, 0.3) is 0 Å². The lowest BCUT2D eigenvalue weighted by Gasteiger charge is -2.01. The van der Waals surface area contributed by atoms with Crippen LogP contribution in [0.2, 0.25) is 0 Å². The van der Waals surface area contributed by atoms with Gasteiger partial charge in [0.2, 0.25) is 0 Å². The zero-order valence-electron chi connectivity index (χ0n) is 8.12. The van der Waals surface area contributed by atoms with Gasteiger partial charge in [-0.25, -0.2) is 0 Å². The lowest BCUT2D eigenvalue weighted by molar-refractivity contribution is 1.81. The van der Waals surface area contributed by atoms with Gasteiger partial charge in [-0.2, -0.15) is 0 Å². The molecule has 0 saturated heterocycles. The molecule has 0 aromatic heterocycles. The fourth-order valence-corrected chi connectivity index (χ4v) is 2.61. The molecule has 0 aliphatic heterocycles. The highest BCUT2D eigenvalue weighted by Crippen LogP contribution is 1.81. The quantitative estimate of drug-likeness (QED) is 0.583. The van der Waals surface area contributed by atoms with Crippen molar-refractivity contribution in [2.24, 2.45) is 0 Å². The highest BCUT2D eigenvalue weighted by atomic mass is 28.2. The van der Waals surface area contributed by atoms with Crippen LogP contribution < -0.4 is 20.7 Å². The molecule has 0 fully saturated rings. The Labute approximate surface area is 99.4 Å². The third-order valence-corrected chi connectivity index (χ3v) is 3.97. The summed E-state index contributed by atoms with van der Waals surface area (Å²) in [6.07, 6.45) is 0. The summed E-state index contributed by atoms with van der Waals surface area (Å²) in [6.45, 7) is 0. The molecule has 3 heteroatoms. The number of hydrogen-bond donors (Lipinski definition) is 0. The van der Waals surface area contributed by atoms with Gasteiger partial charge >= 0.3 is 0 Å². The molecule has 68 valence electrons. The maximum Gasteiger partial charge on any atom is 0.121 e. The fourth-order valence-electron chi connectivity index (χ4n) is 1.27. The van der Waals surface area contributed by atoms with E-state index in [4.69, 9.17) is 0 Å². The van der Waals surface area contributed by atoms with E-state index in [0.717, 1.165) is 19.9 Å². The topological polar surface area (TPSA) is 0 Å². The van der Waals surface area contributed by atoms with Crippen molar-refractivity contribution in [1.82, 2.24) is 0 Å². The smallest absolute Gasteiger partial charge is 0.0674 e. The standard InChI is InChI=1S/C12H8Si3/c13-9-1-5-11(6-2-9)15-12-7-3-10(14)4-8-12/h1-8H. The van der Waals surface area contributed by atoms with E-state index in [2.05, 4.69) is 69.0 Å². The van der Waals surface area contributed by atoms with E-state index in [-0.39, 0.29) is 0 Å². The van der Waals surface area contributed by atoms with E-state index < -0.39 is 0 Å². The van der Waals surface area contributed by atoms with Crippen molar-refractivity contribution in [2.75, 3.05) is 0 Å². The minimum Gasteiger partial charge on any atom is -0.0674 e. The van der Waals surface area contributed by atoms with Crippen LogP contribution in [0.3, 0.4) is 0 Å². The van der Waals surface area contributed by atoms with Crippen LogP contribution in [0.15, 0.2) is 48.5 Å². The summed E-state index contributed by atoms with van der Waals surface area (Å²) in [5.74, 6) is 0. The van der Waals surface area contributed by atoms with E-state index in [1.165, 1.54) is 10.4 Å². The predicted octanol–water partition coefficient (Wildman–Crippen LogP) is -1.07. The second-order valence-electron chi connectivity index (χ2n) is 3.28. The predicted molar refractivity (Wildman–Crippen MR) is 68.7 cm³/mol. The largest absolute Gasteiger partial charge is 0.121 e. The summed E-state index contributed by atoms with van der Waals surface area (Å²) in [6, 6.07) is 16.9. The lowest BCUT2D eigenvalue weighted by atomic mass is 10.3. The molecule has 15 heavy (non-hydrogen) atoms. The second kappa shape index (κ2) is 4.74. The molecule has 0 aliphatic carbocycles. The van der Waals surface area contributed by atoms with Crippen molar-refractivity contribution in [3.63, 3.8) is 0 Å². The van der Waals surface area contributed by atoms with Crippen molar-refractivity contribution in [1.29, 1.82) is 0 Å². The van der Waals surface area contributed by atoms with Gasteiger partial charge in [-0.15, -0.1) is 0 Å². The van der Waals surface area contributed by atoms with Gasteiger partial charge in [0.1, 0.15) is 9.52 Å². The average Bonchev–Trinajstić information content (AvgIpc) is 2.25. The van der Waals surface area contributed by atoms with Crippen LogP contribution in [0.1, 0.15) is 0 Å². The van der Waals surface area contributed by atoms with Crippen molar-refractivity contribution in [3.05, 3.63) is 48.5 Å². The Balaban J connectivity index is 2.15. The van der Waals surface area contributed by atoms with Crippen LogP contribution in [0.5, 0.6) is 0 Å². The molecular weight excluding hydrogens is 228 g/mol. The van der Waals surface area contributed by atoms with Gasteiger partial charge in [-0.3, -0.25) is 0 Å². The van der Waals surface area contributed by atoms with Crippen LogP contribution in [-0.2, 0) is 0 Å². The number of hydrogen-bond acceptors (Lipinski definition) is 0. The lowest BCUT2D eigenvalue weighted by Crippen LogP contribution is -2.28. The Hall–Kier alpha value is -0.909. The van der Waals surface area contributed by atoms with Crippen LogP contribution in [0.25, 0.3) is 0 Å².